The first-order chi connectivity index (χ1) is 5.61. The van der Waals surface area contributed by atoms with Crippen LogP contribution in [-0.4, -0.2) is 19.0 Å². The lowest BCUT2D eigenvalue weighted by Crippen LogP contribution is -2.11. The van der Waals surface area contributed by atoms with Crippen LogP contribution in [-0.2, 0) is 19.1 Å². The van der Waals surface area contributed by atoms with Crippen molar-refractivity contribution in [3.05, 3.63) is 12.3 Å². The van der Waals surface area contributed by atoms with Gasteiger partial charge in [-0.15, -0.1) is 0 Å². The van der Waals surface area contributed by atoms with E-state index in [0.29, 0.717) is 6.42 Å². The quantitative estimate of drug-likeness (QED) is 0.361. The Labute approximate surface area is 71.2 Å². The summed E-state index contributed by atoms with van der Waals surface area (Å²) in [5.74, 6) is -1.46. The van der Waals surface area contributed by atoms with Crippen molar-refractivity contribution in [1.82, 2.24) is 0 Å². The molecule has 4 heteroatoms. The lowest BCUT2D eigenvalue weighted by atomic mass is 10.3. The molecule has 12 heavy (non-hydrogen) atoms. The third kappa shape index (κ3) is 3.75. The molecule has 0 aliphatic heterocycles. The summed E-state index contributed by atoms with van der Waals surface area (Å²) in [4.78, 5) is 21.4. The molecule has 0 aromatic rings. The van der Waals surface area contributed by atoms with E-state index in [2.05, 4.69) is 16.1 Å². The van der Waals surface area contributed by atoms with Gasteiger partial charge in [-0.3, -0.25) is 4.79 Å². The van der Waals surface area contributed by atoms with Crippen molar-refractivity contribution in [1.29, 1.82) is 0 Å². The average Bonchev–Trinajstić information content (AvgIpc) is 2.03. The van der Waals surface area contributed by atoms with Crippen molar-refractivity contribution in [2.75, 3.05) is 7.11 Å². The fourth-order valence-electron chi connectivity index (χ4n) is 0.548. The van der Waals surface area contributed by atoms with Gasteiger partial charge in [0.2, 0.25) is 5.76 Å². The van der Waals surface area contributed by atoms with Gasteiger partial charge in [0.1, 0.15) is 0 Å². The van der Waals surface area contributed by atoms with Crippen LogP contribution in [0.3, 0.4) is 0 Å². The Bertz CT molecular complexity index is 195. The van der Waals surface area contributed by atoms with Crippen LogP contribution in [0.25, 0.3) is 0 Å². The molecule has 0 amide bonds. The summed E-state index contributed by atoms with van der Waals surface area (Å²) in [6.07, 6.45) is 0.948. The van der Waals surface area contributed by atoms with Crippen molar-refractivity contribution in [3.63, 3.8) is 0 Å². The second-order valence-electron chi connectivity index (χ2n) is 2.14. The number of hydrogen-bond acceptors (Lipinski definition) is 4. The Morgan fingerprint density at radius 3 is 2.42 bits per heavy atom. The zero-order valence-corrected chi connectivity index (χ0v) is 7.25. The third-order valence-electron chi connectivity index (χ3n) is 1.10. The van der Waals surface area contributed by atoms with Crippen molar-refractivity contribution >= 4 is 11.9 Å². The molecule has 68 valence electrons. The summed E-state index contributed by atoms with van der Waals surface area (Å²) >= 11 is 0. The predicted molar refractivity (Wildman–Crippen MR) is 42.2 cm³/mol. The van der Waals surface area contributed by atoms with Crippen LogP contribution in [0.2, 0.25) is 0 Å². The van der Waals surface area contributed by atoms with Gasteiger partial charge in [-0.25, -0.2) is 4.79 Å². The molecule has 0 heterocycles. The molecule has 0 saturated carbocycles. The molecule has 0 bridgehead atoms. The van der Waals surface area contributed by atoms with Crippen LogP contribution in [0.15, 0.2) is 12.3 Å². The fourth-order valence-corrected chi connectivity index (χ4v) is 0.548. The van der Waals surface area contributed by atoms with Gasteiger partial charge in [0.15, 0.2) is 0 Å². The van der Waals surface area contributed by atoms with Crippen LogP contribution in [0.4, 0.5) is 0 Å². The molecule has 0 fully saturated rings. The predicted octanol–water partition coefficient (Wildman–Crippen LogP) is 1.02. The lowest BCUT2D eigenvalue weighted by Gasteiger charge is -2.03. The lowest BCUT2D eigenvalue weighted by molar-refractivity contribution is -0.149. The van der Waals surface area contributed by atoms with Gasteiger partial charge in [0.05, 0.1) is 7.11 Å². The van der Waals surface area contributed by atoms with Crippen molar-refractivity contribution < 1.29 is 19.1 Å². The Kier molecular flexibility index (Phi) is 4.76. The molecular formula is C8H12O4. The maximum absolute atomic E-state index is 10.8. The van der Waals surface area contributed by atoms with E-state index in [1.54, 1.807) is 0 Å². The topological polar surface area (TPSA) is 52.6 Å². The summed E-state index contributed by atoms with van der Waals surface area (Å²) in [6.45, 7) is 5.07. The van der Waals surface area contributed by atoms with Gasteiger partial charge in [-0.1, -0.05) is 6.92 Å². The SMILES string of the molecule is C=C(OC(=O)CCC)C(=O)OC. The second-order valence-corrected chi connectivity index (χ2v) is 2.14. The Morgan fingerprint density at radius 2 is 2.00 bits per heavy atom. The van der Waals surface area contributed by atoms with Crippen LogP contribution >= 0.6 is 0 Å². The number of hydrogen-bond donors (Lipinski definition) is 0. The summed E-state index contributed by atoms with van der Waals surface area (Å²) < 4.78 is 8.81. The van der Waals surface area contributed by atoms with Gasteiger partial charge < -0.3 is 9.47 Å². The maximum atomic E-state index is 10.8. The number of carbonyl (C=O) groups excluding carboxylic acids is 2. The largest absolute Gasteiger partial charge is 0.463 e. The monoisotopic (exact) mass is 172 g/mol. The van der Waals surface area contributed by atoms with Crippen LogP contribution in [0.1, 0.15) is 19.8 Å². The maximum Gasteiger partial charge on any atom is 0.373 e. The molecular weight excluding hydrogens is 160 g/mol. The van der Waals surface area contributed by atoms with Crippen molar-refractivity contribution in [3.8, 4) is 0 Å². The standard InChI is InChI=1S/C8H12O4/c1-4-5-7(9)12-6(2)8(10)11-3/h2,4-5H2,1,3H3. The molecule has 0 aromatic carbocycles. The number of ether oxygens (including phenoxy) is 2. The minimum Gasteiger partial charge on any atom is -0.463 e. The van der Waals surface area contributed by atoms with Gasteiger partial charge in [0.25, 0.3) is 0 Å². The average molecular weight is 172 g/mol. The zero-order valence-electron chi connectivity index (χ0n) is 7.25. The van der Waals surface area contributed by atoms with Gasteiger partial charge in [0, 0.05) is 6.42 Å². The highest BCUT2D eigenvalue weighted by Crippen LogP contribution is 2.00. The van der Waals surface area contributed by atoms with Crippen LogP contribution < -0.4 is 0 Å². The molecule has 0 aromatic heterocycles. The highest BCUT2D eigenvalue weighted by atomic mass is 16.6. The Morgan fingerprint density at radius 1 is 1.42 bits per heavy atom. The van der Waals surface area contributed by atoms with Crippen molar-refractivity contribution in [2.24, 2.45) is 0 Å². The van der Waals surface area contributed by atoms with Crippen LogP contribution in [0, 0.1) is 0 Å². The molecule has 0 radical (unpaired) electrons. The first-order valence-electron chi connectivity index (χ1n) is 3.59. The second kappa shape index (κ2) is 5.35. The molecule has 0 N–H and O–H groups in total. The molecule has 4 nitrogen and oxygen atoms in total. The van der Waals surface area contributed by atoms with E-state index in [0.717, 1.165) is 0 Å². The molecule has 0 aliphatic carbocycles. The van der Waals surface area contributed by atoms with Gasteiger partial charge in [-0.05, 0) is 13.0 Å². The summed E-state index contributed by atoms with van der Waals surface area (Å²) in [6, 6.07) is 0. The van der Waals surface area contributed by atoms with Gasteiger partial charge in [-0.2, -0.15) is 0 Å². The minimum atomic E-state index is -0.723. The zero-order chi connectivity index (χ0) is 9.56. The van der Waals surface area contributed by atoms with E-state index < -0.39 is 11.9 Å². The Hall–Kier alpha value is -1.32. The number of rotatable bonds is 4. The summed E-state index contributed by atoms with van der Waals surface area (Å²) in [5, 5.41) is 0. The number of carbonyl (C=O) groups is 2. The smallest absolute Gasteiger partial charge is 0.373 e. The summed E-state index contributed by atoms with van der Waals surface area (Å²) in [7, 11) is 1.20. The first-order valence-corrected chi connectivity index (χ1v) is 3.59. The molecule has 0 aliphatic rings. The van der Waals surface area contributed by atoms with Crippen LogP contribution in [0.5, 0.6) is 0 Å². The molecule has 0 atom stereocenters. The van der Waals surface area contributed by atoms with E-state index in [1.165, 1.54) is 7.11 Å². The van der Waals surface area contributed by atoms with Gasteiger partial charge >= 0.3 is 11.9 Å². The minimum absolute atomic E-state index is 0.268. The normalized spacial score (nSPS) is 8.83. The van der Waals surface area contributed by atoms with E-state index in [4.69, 9.17) is 0 Å². The molecule has 0 unspecified atom stereocenters. The van der Waals surface area contributed by atoms with Crippen molar-refractivity contribution in [2.45, 2.75) is 19.8 Å². The van der Waals surface area contributed by atoms with E-state index >= 15 is 0 Å². The fraction of sp³-hybridized carbons (Fsp3) is 0.500. The number of esters is 2. The molecule has 0 saturated heterocycles. The third-order valence-corrected chi connectivity index (χ3v) is 1.10. The molecule has 0 rings (SSSR count). The summed E-state index contributed by atoms with van der Waals surface area (Å²) in [5.41, 5.74) is 0. The number of methoxy groups -OCH3 is 1. The van der Waals surface area contributed by atoms with E-state index in [9.17, 15) is 9.59 Å². The highest BCUT2D eigenvalue weighted by Gasteiger charge is 2.11. The first kappa shape index (κ1) is 10.7. The van der Waals surface area contributed by atoms with E-state index in [-0.39, 0.29) is 12.2 Å². The Balaban J connectivity index is 3.84. The van der Waals surface area contributed by atoms with E-state index in [1.807, 2.05) is 6.92 Å². The molecule has 0 spiro atoms. The highest BCUT2D eigenvalue weighted by molar-refractivity contribution is 5.88.